The molecule has 2 aromatic carbocycles. The molecule has 6 nitrogen and oxygen atoms in total. The van der Waals surface area contributed by atoms with Gasteiger partial charge >= 0.3 is 0 Å². The molecule has 0 bridgehead atoms. The van der Waals surface area contributed by atoms with E-state index in [2.05, 4.69) is 11.9 Å². The number of carbonyl (C=O) groups excluding carboxylic acids is 1. The molecule has 0 atom stereocenters. The van der Waals surface area contributed by atoms with Crippen molar-refractivity contribution >= 4 is 23.2 Å². The van der Waals surface area contributed by atoms with Crippen molar-refractivity contribution in [2.75, 3.05) is 33.3 Å². The van der Waals surface area contributed by atoms with Gasteiger partial charge in [0.2, 0.25) is 0 Å². The van der Waals surface area contributed by atoms with Crippen molar-refractivity contribution in [3.63, 3.8) is 0 Å². The van der Waals surface area contributed by atoms with Crippen LogP contribution in [0.4, 0.5) is 5.69 Å². The van der Waals surface area contributed by atoms with Crippen molar-refractivity contribution in [2.45, 2.75) is 0 Å². The van der Waals surface area contributed by atoms with Gasteiger partial charge in [-0.1, -0.05) is 24.3 Å². The molecule has 0 fully saturated rings. The number of ether oxygens (including phenoxy) is 4. The summed E-state index contributed by atoms with van der Waals surface area (Å²) in [5, 5.41) is 3.16. The van der Waals surface area contributed by atoms with Gasteiger partial charge in [-0.2, -0.15) is 0 Å². The maximum Gasteiger partial charge on any atom is 0.255 e. The maximum absolute atomic E-state index is 12.6. The molecule has 0 aliphatic heterocycles. The zero-order valence-electron chi connectivity index (χ0n) is 14.8. The molecule has 0 aliphatic rings. The van der Waals surface area contributed by atoms with Crippen molar-refractivity contribution in [2.24, 2.45) is 0 Å². The Hall–Kier alpha value is -2.86. The van der Waals surface area contributed by atoms with E-state index in [-0.39, 0.29) is 5.91 Å². The van der Waals surface area contributed by atoms with Crippen molar-refractivity contribution in [3.8, 4) is 23.0 Å². The monoisotopic (exact) mass is 377 g/mol. The molecule has 0 unspecified atom stereocenters. The number of benzene rings is 2. The summed E-state index contributed by atoms with van der Waals surface area (Å²) in [6.45, 7) is 3.94. The van der Waals surface area contributed by atoms with Crippen molar-refractivity contribution < 1.29 is 23.7 Å². The van der Waals surface area contributed by atoms with E-state index in [1.807, 2.05) is 0 Å². The predicted molar refractivity (Wildman–Crippen MR) is 101 cm³/mol. The Morgan fingerprint density at radius 2 is 1.73 bits per heavy atom. The van der Waals surface area contributed by atoms with E-state index in [1.54, 1.807) is 36.4 Å². The minimum Gasteiger partial charge on any atom is -0.495 e. The van der Waals surface area contributed by atoms with Crippen LogP contribution in [0, 0.1) is 0 Å². The van der Waals surface area contributed by atoms with Gasteiger partial charge in [0.1, 0.15) is 18.1 Å². The van der Waals surface area contributed by atoms with E-state index < -0.39 is 0 Å². The van der Waals surface area contributed by atoms with Gasteiger partial charge < -0.3 is 24.3 Å². The van der Waals surface area contributed by atoms with E-state index in [0.717, 1.165) is 0 Å². The van der Waals surface area contributed by atoms with E-state index in [0.29, 0.717) is 45.9 Å². The standard InChI is InChI=1S/C19H20ClNO5/c1-5-8-26-15-7-6-12(9-18(15)25-4)19(22)21-14-11-16(23-2)13(20)10-17(14)24-3/h5-7,9-11H,1,8H2,2-4H3,(H,21,22). The summed E-state index contributed by atoms with van der Waals surface area (Å²) in [5.41, 5.74) is 0.827. The van der Waals surface area contributed by atoms with Crippen molar-refractivity contribution in [1.82, 2.24) is 0 Å². The molecular weight excluding hydrogens is 358 g/mol. The molecular formula is C19H20ClNO5. The highest BCUT2D eigenvalue weighted by Gasteiger charge is 2.15. The first kappa shape index (κ1) is 19.5. The second-order valence-corrected chi connectivity index (χ2v) is 5.51. The first-order valence-corrected chi connectivity index (χ1v) is 8.06. The topological polar surface area (TPSA) is 66.0 Å². The lowest BCUT2D eigenvalue weighted by Gasteiger charge is -2.14. The fourth-order valence-corrected chi connectivity index (χ4v) is 2.46. The third-order valence-electron chi connectivity index (χ3n) is 3.50. The molecule has 26 heavy (non-hydrogen) atoms. The largest absolute Gasteiger partial charge is 0.495 e. The number of methoxy groups -OCH3 is 3. The number of nitrogens with one attached hydrogen (secondary N) is 1. The minimum atomic E-state index is -0.346. The van der Waals surface area contributed by atoms with Crippen LogP contribution in [0.2, 0.25) is 5.02 Å². The molecule has 1 N–H and O–H groups in total. The lowest BCUT2D eigenvalue weighted by molar-refractivity contribution is 0.102. The van der Waals surface area contributed by atoms with Crippen LogP contribution >= 0.6 is 11.6 Å². The lowest BCUT2D eigenvalue weighted by atomic mass is 10.1. The molecule has 0 spiro atoms. The Bertz CT molecular complexity index is 807. The zero-order chi connectivity index (χ0) is 19.1. The average molecular weight is 378 g/mol. The van der Waals surface area contributed by atoms with Crippen LogP contribution in [-0.4, -0.2) is 33.8 Å². The Balaban J connectivity index is 2.28. The van der Waals surface area contributed by atoms with E-state index in [4.69, 9.17) is 30.5 Å². The van der Waals surface area contributed by atoms with E-state index in [9.17, 15) is 4.79 Å². The van der Waals surface area contributed by atoms with Crippen LogP contribution in [0.1, 0.15) is 10.4 Å². The molecule has 138 valence electrons. The first-order valence-electron chi connectivity index (χ1n) is 7.68. The number of hydrogen-bond acceptors (Lipinski definition) is 5. The Labute approximate surface area is 157 Å². The molecule has 0 radical (unpaired) electrons. The predicted octanol–water partition coefficient (Wildman–Crippen LogP) is 4.18. The minimum absolute atomic E-state index is 0.337. The summed E-state index contributed by atoms with van der Waals surface area (Å²) in [6.07, 6.45) is 1.63. The fraction of sp³-hybridized carbons (Fsp3) is 0.211. The molecule has 2 aromatic rings. The lowest BCUT2D eigenvalue weighted by Crippen LogP contribution is -2.13. The summed E-state index contributed by atoms with van der Waals surface area (Å²) in [7, 11) is 4.49. The number of halogens is 1. The van der Waals surface area contributed by atoms with Gasteiger partial charge in [-0.25, -0.2) is 0 Å². The summed E-state index contributed by atoms with van der Waals surface area (Å²) >= 11 is 6.08. The highest BCUT2D eigenvalue weighted by molar-refractivity contribution is 6.32. The van der Waals surface area contributed by atoms with Gasteiger partial charge in [-0.15, -0.1) is 0 Å². The number of carbonyl (C=O) groups is 1. The van der Waals surface area contributed by atoms with Gasteiger partial charge in [-0.3, -0.25) is 4.79 Å². The molecule has 2 rings (SSSR count). The molecule has 0 heterocycles. The second kappa shape index (κ2) is 9.01. The summed E-state index contributed by atoms with van der Waals surface area (Å²) < 4.78 is 21.2. The zero-order valence-corrected chi connectivity index (χ0v) is 15.6. The number of amides is 1. The van der Waals surface area contributed by atoms with Crippen LogP contribution in [0.15, 0.2) is 43.0 Å². The summed E-state index contributed by atoms with van der Waals surface area (Å²) in [6, 6.07) is 8.06. The van der Waals surface area contributed by atoms with Crippen LogP contribution in [-0.2, 0) is 0 Å². The molecule has 1 amide bonds. The third-order valence-corrected chi connectivity index (χ3v) is 3.80. The normalized spacial score (nSPS) is 10.0. The van der Waals surface area contributed by atoms with E-state index in [1.165, 1.54) is 21.3 Å². The second-order valence-electron chi connectivity index (χ2n) is 5.11. The van der Waals surface area contributed by atoms with Gasteiger partial charge in [0.05, 0.1) is 32.0 Å². The SMILES string of the molecule is C=CCOc1ccc(C(=O)Nc2cc(OC)c(Cl)cc2OC)cc1OC. The van der Waals surface area contributed by atoms with E-state index >= 15 is 0 Å². The Morgan fingerprint density at radius 1 is 1.04 bits per heavy atom. The number of hydrogen-bond donors (Lipinski definition) is 1. The molecule has 0 aliphatic carbocycles. The molecule has 0 aromatic heterocycles. The molecule has 0 saturated heterocycles. The van der Waals surface area contributed by atoms with Gasteiger partial charge in [-0.05, 0) is 18.2 Å². The van der Waals surface area contributed by atoms with Gasteiger partial charge in [0, 0.05) is 17.7 Å². The quantitative estimate of drug-likeness (QED) is 0.699. The van der Waals surface area contributed by atoms with Crippen LogP contribution in [0.25, 0.3) is 0 Å². The average Bonchev–Trinajstić information content (AvgIpc) is 2.66. The van der Waals surface area contributed by atoms with Gasteiger partial charge in [0.15, 0.2) is 11.5 Å². The fourth-order valence-electron chi connectivity index (χ4n) is 2.23. The Kier molecular flexibility index (Phi) is 6.74. The highest BCUT2D eigenvalue weighted by Crippen LogP contribution is 2.36. The smallest absolute Gasteiger partial charge is 0.255 e. The van der Waals surface area contributed by atoms with Crippen LogP contribution in [0.3, 0.4) is 0 Å². The van der Waals surface area contributed by atoms with Gasteiger partial charge in [0.25, 0.3) is 5.91 Å². The number of rotatable bonds is 8. The molecule has 7 heteroatoms. The highest BCUT2D eigenvalue weighted by atomic mass is 35.5. The molecule has 0 saturated carbocycles. The van der Waals surface area contributed by atoms with Crippen molar-refractivity contribution in [1.29, 1.82) is 0 Å². The van der Waals surface area contributed by atoms with Crippen LogP contribution < -0.4 is 24.3 Å². The summed E-state index contributed by atoms with van der Waals surface area (Å²) in [4.78, 5) is 12.6. The number of anilines is 1. The first-order chi connectivity index (χ1) is 12.5. The van der Waals surface area contributed by atoms with Crippen molar-refractivity contribution in [3.05, 3.63) is 53.6 Å². The summed E-state index contributed by atoms with van der Waals surface area (Å²) in [5.74, 6) is 1.46. The van der Waals surface area contributed by atoms with Crippen LogP contribution in [0.5, 0.6) is 23.0 Å². The maximum atomic E-state index is 12.6. The Morgan fingerprint density at radius 3 is 2.35 bits per heavy atom. The third kappa shape index (κ3) is 4.40.